The molecule has 2 heterocycles. The van der Waals surface area contributed by atoms with Crippen LogP contribution in [0.3, 0.4) is 0 Å². The Labute approximate surface area is 141 Å². The molecule has 0 radical (unpaired) electrons. The molecule has 3 aromatic rings. The Morgan fingerprint density at radius 1 is 1.24 bits per heavy atom. The smallest absolute Gasteiger partial charge is 0.433 e. The van der Waals surface area contributed by atoms with Crippen LogP contribution in [0.15, 0.2) is 36.7 Å². The zero-order valence-electron chi connectivity index (χ0n) is 13.5. The maximum atomic E-state index is 12.8. The highest BCUT2D eigenvalue weighted by Crippen LogP contribution is 2.29. The van der Waals surface area contributed by atoms with Crippen molar-refractivity contribution in [3.63, 3.8) is 0 Å². The molecule has 0 spiro atoms. The number of carbonyl (C=O) groups excluding carboxylic acids is 1. The molecule has 0 amide bonds. The number of imidazole rings is 1. The minimum atomic E-state index is -4.57. The molecule has 0 atom stereocenters. The van der Waals surface area contributed by atoms with Crippen LogP contribution in [-0.4, -0.2) is 27.3 Å². The first-order valence-corrected chi connectivity index (χ1v) is 7.48. The highest BCUT2D eigenvalue weighted by molar-refractivity contribution is 6.09. The summed E-state index contributed by atoms with van der Waals surface area (Å²) < 4.78 is 44.8. The summed E-state index contributed by atoms with van der Waals surface area (Å²) in [5.41, 5.74) is 0.00941. The minimum Gasteiger partial charge on any atom is -0.497 e. The second-order valence-corrected chi connectivity index (χ2v) is 5.32. The van der Waals surface area contributed by atoms with Crippen LogP contribution in [0.1, 0.15) is 34.4 Å². The van der Waals surface area contributed by atoms with Gasteiger partial charge in [-0.3, -0.25) is 9.20 Å². The van der Waals surface area contributed by atoms with Crippen molar-refractivity contribution in [2.75, 3.05) is 7.11 Å². The van der Waals surface area contributed by atoms with Crippen LogP contribution in [0.2, 0.25) is 0 Å². The molecule has 0 saturated carbocycles. The number of nitrogens with zero attached hydrogens (tertiary/aromatic N) is 3. The topological polar surface area (TPSA) is 56.5 Å². The number of ether oxygens (including phenoxy) is 1. The molecule has 0 aliphatic heterocycles. The molecule has 8 heteroatoms. The number of benzene rings is 1. The van der Waals surface area contributed by atoms with Crippen LogP contribution >= 0.6 is 0 Å². The van der Waals surface area contributed by atoms with Crippen molar-refractivity contribution < 1.29 is 22.7 Å². The number of rotatable bonds is 4. The molecule has 0 fully saturated rings. The van der Waals surface area contributed by atoms with E-state index in [1.165, 1.54) is 11.5 Å². The molecular weight excluding hydrogens is 335 g/mol. The van der Waals surface area contributed by atoms with Gasteiger partial charge in [-0.1, -0.05) is 6.92 Å². The first-order chi connectivity index (χ1) is 11.8. The van der Waals surface area contributed by atoms with E-state index in [0.29, 0.717) is 23.4 Å². The molecule has 25 heavy (non-hydrogen) atoms. The molecule has 3 rings (SSSR count). The molecule has 0 aliphatic rings. The van der Waals surface area contributed by atoms with Crippen LogP contribution < -0.4 is 4.74 Å². The second kappa shape index (κ2) is 6.19. The summed E-state index contributed by atoms with van der Waals surface area (Å²) in [5.74, 6) is 0.260. The molecular formula is C17H14F3N3O2. The van der Waals surface area contributed by atoms with Crippen molar-refractivity contribution in [3.05, 3.63) is 59.3 Å². The highest BCUT2D eigenvalue weighted by Gasteiger charge is 2.33. The fourth-order valence-corrected chi connectivity index (χ4v) is 2.52. The van der Waals surface area contributed by atoms with Gasteiger partial charge in [0.25, 0.3) is 0 Å². The lowest BCUT2D eigenvalue weighted by atomic mass is 10.1. The number of methoxy groups -OCH3 is 1. The van der Waals surface area contributed by atoms with E-state index in [9.17, 15) is 18.0 Å². The molecule has 130 valence electrons. The number of aromatic nitrogens is 3. The second-order valence-electron chi connectivity index (χ2n) is 5.32. The summed E-state index contributed by atoms with van der Waals surface area (Å²) in [6, 6.07) is 7.31. The zero-order valence-corrected chi connectivity index (χ0v) is 13.5. The van der Waals surface area contributed by atoms with Crippen LogP contribution in [0.25, 0.3) is 5.65 Å². The number of aryl methyl sites for hydroxylation is 1. The molecule has 0 unspecified atom stereocenters. The Morgan fingerprint density at radius 3 is 2.48 bits per heavy atom. The maximum Gasteiger partial charge on any atom is 0.433 e. The van der Waals surface area contributed by atoms with Crippen molar-refractivity contribution in [2.45, 2.75) is 19.5 Å². The average molecular weight is 349 g/mol. The molecule has 0 saturated heterocycles. The van der Waals surface area contributed by atoms with Crippen molar-refractivity contribution >= 4 is 11.4 Å². The first kappa shape index (κ1) is 16.9. The van der Waals surface area contributed by atoms with Crippen molar-refractivity contribution in [3.8, 4) is 5.75 Å². The molecule has 2 aromatic heterocycles. The van der Waals surface area contributed by atoms with E-state index in [1.54, 1.807) is 31.2 Å². The van der Waals surface area contributed by atoms with Gasteiger partial charge in [-0.15, -0.1) is 0 Å². The average Bonchev–Trinajstić information content (AvgIpc) is 2.98. The lowest BCUT2D eigenvalue weighted by Gasteiger charge is -2.07. The number of hydrogen-bond donors (Lipinski definition) is 0. The van der Waals surface area contributed by atoms with Gasteiger partial charge < -0.3 is 4.74 Å². The van der Waals surface area contributed by atoms with E-state index in [4.69, 9.17) is 4.74 Å². The van der Waals surface area contributed by atoms with Crippen LogP contribution in [0.4, 0.5) is 13.2 Å². The van der Waals surface area contributed by atoms with Gasteiger partial charge in [0.2, 0.25) is 5.78 Å². The Hall–Kier alpha value is -2.90. The molecule has 5 nitrogen and oxygen atoms in total. The van der Waals surface area contributed by atoms with E-state index < -0.39 is 11.9 Å². The maximum absolute atomic E-state index is 12.8. The predicted octanol–water partition coefficient (Wildman–Crippen LogP) is 3.55. The summed E-state index contributed by atoms with van der Waals surface area (Å²) in [7, 11) is 1.51. The van der Waals surface area contributed by atoms with Crippen molar-refractivity contribution in [1.82, 2.24) is 14.4 Å². The number of carbonyl (C=O) groups is 1. The molecule has 0 aliphatic carbocycles. The van der Waals surface area contributed by atoms with Gasteiger partial charge in [0.15, 0.2) is 0 Å². The number of alkyl halides is 3. The monoisotopic (exact) mass is 349 g/mol. The van der Waals surface area contributed by atoms with Gasteiger partial charge in [0, 0.05) is 11.6 Å². The largest absolute Gasteiger partial charge is 0.497 e. The number of ketones is 1. The standard InChI is InChI=1S/C17H14F3N3O2/c1-3-12-15(16(24)10-4-6-11(25-2)7-5-10)23-9-21-13(17(18,19)20)8-14(23)22-12/h4-9H,3H2,1-2H3. The Kier molecular flexibility index (Phi) is 4.20. The van der Waals surface area contributed by atoms with Crippen LogP contribution in [0, 0.1) is 0 Å². The third-order valence-electron chi connectivity index (χ3n) is 3.78. The van der Waals surface area contributed by atoms with Gasteiger partial charge in [-0.05, 0) is 30.7 Å². The number of hydrogen-bond acceptors (Lipinski definition) is 4. The fourth-order valence-electron chi connectivity index (χ4n) is 2.52. The fraction of sp³-hybridized carbons (Fsp3) is 0.235. The Morgan fingerprint density at radius 2 is 1.92 bits per heavy atom. The van der Waals surface area contributed by atoms with Gasteiger partial charge in [0.05, 0.1) is 12.8 Å². The van der Waals surface area contributed by atoms with E-state index >= 15 is 0 Å². The third-order valence-corrected chi connectivity index (χ3v) is 3.78. The van der Waals surface area contributed by atoms with Gasteiger partial charge >= 0.3 is 6.18 Å². The third kappa shape index (κ3) is 3.07. The van der Waals surface area contributed by atoms with Gasteiger partial charge in [0.1, 0.15) is 29.1 Å². The molecule has 1 aromatic carbocycles. The molecule has 0 N–H and O–H groups in total. The summed E-state index contributed by atoms with van der Waals surface area (Å²) in [5, 5.41) is 0. The quantitative estimate of drug-likeness (QED) is 0.676. The SMILES string of the molecule is CCc1nc2cc(C(F)(F)F)ncn2c1C(=O)c1ccc(OC)cc1. The van der Waals surface area contributed by atoms with E-state index in [2.05, 4.69) is 9.97 Å². The van der Waals surface area contributed by atoms with E-state index in [1.807, 2.05) is 0 Å². The predicted molar refractivity (Wildman–Crippen MR) is 83.8 cm³/mol. The summed E-state index contributed by atoms with van der Waals surface area (Å²) in [6.07, 6.45) is -3.18. The Bertz CT molecular complexity index is 931. The normalized spacial score (nSPS) is 11.7. The van der Waals surface area contributed by atoms with Gasteiger partial charge in [-0.25, -0.2) is 9.97 Å². The van der Waals surface area contributed by atoms with Gasteiger partial charge in [-0.2, -0.15) is 13.2 Å². The minimum absolute atomic E-state index is 0.0380. The lowest BCUT2D eigenvalue weighted by molar-refractivity contribution is -0.141. The van der Waals surface area contributed by atoms with E-state index in [0.717, 1.165) is 12.4 Å². The van der Waals surface area contributed by atoms with Crippen molar-refractivity contribution in [1.29, 1.82) is 0 Å². The molecule has 0 bridgehead atoms. The van der Waals surface area contributed by atoms with E-state index in [-0.39, 0.29) is 17.1 Å². The number of halogens is 3. The summed E-state index contributed by atoms with van der Waals surface area (Å²) in [6.45, 7) is 1.78. The summed E-state index contributed by atoms with van der Waals surface area (Å²) in [4.78, 5) is 20.4. The van der Waals surface area contributed by atoms with Crippen molar-refractivity contribution in [2.24, 2.45) is 0 Å². The van der Waals surface area contributed by atoms with Crippen LogP contribution in [0.5, 0.6) is 5.75 Å². The zero-order chi connectivity index (χ0) is 18.2. The first-order valence-electron chi connectivity index (χ1n) is 7.48. The highest BCUT2D eigenvalue weighted by atomic mass is 19.4. The Balaban J connectivity index is 2.12. The number of fused-ring (bicyclic) bond motifs is 1. The van der Waals surface area contributed by atoms with Crippen LogP contribution in [-0.2, 0) is 12.6 Å². The lowest BCUT2D eigenvalue weighted by Crippen LogP contribution is -2.11. The summed E-state index contributed by atoms with van der Waals surface area (Å²) >= 11 is 0.